The van der Waals surface area contributed by atoms with Gasteiger partial charge in [0.25, 0.3) is 0 Å². The number of amides is 1. The van der Waals surface area contributed by atoms with E-state index in [0.29, 0.717) is 6.54 Å². The molecule has 1 atom stereocenters. The van der Waals surface area contributed by atoms with Crippen LogP contribution in [-0.4, -0.2) is 31.5 Å². The largest absolute Gasteiger partial charge is 0.336 e. The highest BCUT2D eigenvalue weighted by Gasteiger charge is 2.29. The molecule has 0 fully saturated rings. The van der Waals surface area contributed by atoms with Crippen LogP contribution in [0.3, 0.4) is 0 Å². The average Bonchev–Trinajstić information content (AvgIpc) is 3.03. The number of hydrogen-bond acceptors (Lipinski definition) is 4. The van der Waals surface area contributed by atoms with Gasteiger partial charge in [0, 0.05) is 17.8 Å². The Balaban J connectivity index is 1.67. The van der Waals surface area contributed by atoms with E-state index in [1.165, 1.54) is 10.4 Å². The Labute approximate surface area is 140 Å². The Morgan fingerprint density at radius 3 is 2.74 bits per heavy atom. The summed E-state index contributed by atoms with van der Waals surface area (Å²) in [6.45, 7) is 2.67. The van der Waals surface area contributed by atoms with Gasteiger partial charge in [-0.3, -0.25) is 4.79 Å². The third-order valence-corrected chi connectivity index (χ3v) is 7.01. The standard InChI is InChI=1S/C17H19NO3S2/c1-13-15-8-11-22-16(15)7-10-18(13)17(19)9-12-23(20,21)14-5-3-2-4-6-14/h2-6,8,11,13H,7,9-10,12H2,1H3/t13-/m0/s1. The van der Waals surface area contributed by atoms with Crippen molar-refractivity contribution >= 4 is 27.1 Å². The Kier molecular flexibility index (Phi) is 4.55. The predicted molar refractivity (Wildman–Crippen MR) is 91.3 cm³/mol. The van der Waals surface area contributed by atoms with E-state index in [4.69, 9.17) is 0 Å². The number of nitrogens with zero attached hydrogens (tertiary/aromatic N) is 1. The number of benzene rings is 1. The molecule has 6 heteroatoms. The maximum Gasteiger partial charge on any atom is 0.224 e. The van der Waals surface area contributed by atoms with Crippen molar-refractivity contribution in [3.05, 3.63) is 52.2 Å². The van der Waals surface area contributed by atoms with Crippen LogP contribution in [0.15, 0.2) is 46.7 Å². The van der Waals surface area contributed by atoms with Gasteiger partial charge in [-0.2, -0.15) is 0 Å². The number of fused-ring (bicyclic) bond motifs is 1. The van der Waals surface area contributed by atoms with Crippen LogP contribution in [0.1, 0.15) is 29.8 Å². The molecule has 23 heavy (non-hydrogen) atoms. The lowest BCUT2D eigenvalue weighted by Crippen LogP contribution is -2.38. The molecule has 2 heterocycles. The van der Waals surface area contributed by atoms with Crippen molar-refractivity contribution in [3.8, 4) is 0 Å². The third kappa shape index (κ3) is 3.33. The highest BCUT2D eigenvalue weighted by atomic mass is 32.2. The molecule has 0 radical (unpaired) electrons. The van der Waals surface area contributed by atoms with E-state index in [-0.39, 0.29) is 29.0 Å². The quantitative estimate of drug-likeness (QED) is 0.852. The van der Waals surface area contributed by atoms with Crippen LogP contribution in [0, 0.1) is 0 Å². The van der Waals surface area contributed by atoms with Crippen molar-refractivity contribution < 1.29 is 13.2 Å². The molecule has 2 aromatic rings. The summed E-state index contributed by atoms with van der Waals surface area (Å²) < 4.78 is 24.6. The third-order valence-electron chi connectivity index (χ3n) is 4.28. The number of sulfone groups is 1. The van der Waals surface area contributed by atoms with E-state index < -0.39 is 9.84 Å². The van der Waals surface area contributed by atoms with Crippen LogP contribution in [0.4, 0.5) is 0 Å². The number of rotatable bonds is 4. The van der Waals surface area contributed by atoms with Gasteiger partial charge in [-0.1, -0.05) is 18.2 Å². The first-order valence-corrected chi connectivity index (χ1v) is 10.2. The molecule has 1 aliphatic heterocycles. The van der Waals surface area contributed by atoms with E-state index in [1.54, 1.807) is 46.6 Å². The summed E-state index contributed by atoms with van der Waals surface area (Å²) in [5.41, 5.74) is 1.19. The fourth-order valence-electron chi connectivity index (χ4n) is 2.96. The molecule has 1 aromatic carbocycles. The Morgan fingerprint density at radius 1 is 1.26 bits per heavy atom. The SMILES string of the molecule is C[C@H]1c2ccsc2CCN1C(=O)CCS(=O)(=O)c1ccccc1. The Hall–Kier alpha value is -1.66. The van der Waals surface area contributed by atoms with Crippen LogP contribution in [0.25, 0.3) is 0 Å². The zero-order valence-corrected chi connectivity index (χ0v) is 14.6. The Morgan fingerprint density at radius 2 is 2.00 bits per heavy atom. The maximum atomic E-state index is 12.5. The summed E-state index contributed by atoms with van der Waals surface area (Å²) in [4.78, 5) is 15.9. The first-order valence-electron chi connectivity index (χ1n) is 7.62. The predicted octanol–water partition coefficient (Wildman–Crippen LogP) is 3.06. The molecule has 1 aliphatic rings. The molecule has 0 bridgehead atoms. The molecule has 0 spiro atoms. The van der Waals surface area contributed by atoms with Crippen molar-refractivity contribution in [3.63, 3.8) is 0 Å². The van der Waals surface area contributed by atoms with Crippen molar-refractivity contribution in [2.45, 2.75) is 30.7 Å². The molecular weight excluding hydrogens is 330 g/mol. The number of carbonyl (C=O) groups is 1. The molecule has 0 saturated heterocycles. The van der Waals surface area contributed by atoms with Crippen molar-refractivity contribution in [2.75, 3.05) is 12.3 Å². The number of hydrogen-bond donors (Lipinski definition) is 0. The minimum atomic E-state index is -3.41. The summed E-state index contributed by atoms with van der Waals surface area (Å²) in [7, 11) is -3.41. The highest BCUT2D eigenvalue weighted by Crippen LogP contribution is 2.33. The van der Waals surface area contributed by atoms with Gasteiger partial charge in [-0.15, -0.1) is 11.3 Å². The monoisotopic (exact) mass is 349 g/mol. The molecule has 3 rings (SSSR count). The first-order chi connectivity index (χ1) is 11.0. The van der Waals surface area contributed by atoms with Gasteiger partial charge in [-0.25, -0.2) is 8.42 Å². The fourth-order valence-corrected chi connectivity index (χ4v) is 5.17. The van der Waals surface area contributed by atoms with Crippen LogP contribution in [0.2, 0.25) is 0 Å². The molecule has 0 aliphatic carbocycles. The minimum Gasteiger partial charge on any atom is -0.336 e. The van der Waals surface area contributed by atoms with Gasteiger partial charge >= 0.3 is 0 Å². The first kappa shape index (κ1) is 16.2. The lowest BCUT2D eigenvalue weighted by atomic mass is 10.0. The van der Waals surface area contributed by atoms with Crippen molar-refractivity contribution in [1.29, 1.82) is 0 Å². The number of thiophene rings is 1. The summed E-state index contributed by atoms with van der Waals surface area (Å²) in [5, 5.41) is 2.05. The average molecular weight is 349 g/mol. The van der Waals surface area contributed by atoms with E-state index in [2.05, 4.69) is 11.4 Å². The Bertz CT molecular complexity index is 796. The lowest BCUT2D eigenvalue weighted by Gasteiger charge is -2.33. The topological polar surface area (TPSA) is 54.5 Å². The lowest BCUT2D eigenvalue weighted by molar-refractivity contribution is -0.133. The van der Waals surface area contributed by atoms with Gasteiger partial charge in [0.1, 0.15) is 0 Å². The summed E-state index contributed by atoms with van der Waals surface area (Å²) in [6.07, 6.45) is 0.884. The molecule has 0 saturated carbocycles. The molecule has 1 aromatic heterocycles. The zero-order chi connectivity index (χ0) is 16.4. The molecule has 4 nitrogen and oxygen atoms in total. The van der Waals surface area contributed by atoms with Gasteiger partial charge < -0.3 is 4.90 Å². The van der Waals surface area contributed by atoms with Gasteiger partial charge in [0.15, 0.2) is 9.84 Å². The second-order valence-electron chi connectivity index (χ2n) is 5.69. The van der Waals surface area contributed by atoms with Crippen LogP contribution in [0.5, 0.6) is 0 Å². The van der Waals surface area contributed by atoms with Gasteiger partial charge in [0.2, 0.25) is 5.91 Å². The molecule has 0 unspecified atom stereocenters. The fraction of sp³-hybridized carbons (Fsp3) is 0.353. The normalized spacial score (nSPS) is 17.8. The van der Waals surface area contributed by atoms with Gasteiger partial charge in [0.05, 0.1) is 16.7 Å². The summed E-state index contributed by atoms with van der Waals surface area (Å²) >= 11 is 1.72. The smallest absolute Gasteiger partial charge is 0.224 e. The van der Waals surface area contributed by atoms with Crippen molar-refractivity contribution in [1.82, 2.24) is 4.90 Å². The van der Waals surface area contributed by atoms with E-state index in [0.717, 1.165) is 6.42 Å². The van der Waals surface area contributed by atoms with E-state index in [1.807, 2.05) is 6.92 Å². The van der Waals surface area contributed by atoms with Crippen molar-refractivity contribution in [2.24, 2.45) is 0 Å². The van der Waals surface area contributed by atoms with Crippen LogP contribution < -0.4 is 0 Å². The zero-order valence-electron chi connectivity index (χ0n) is 12.9. The van der Waals surface area contributed by atoms with Gasteiger partial charge in [-0.05, 0) is 42.5 Å². The van der Waals surface area contributed by atoms with Crippen LogP contribution in [-0.2, 0) is 21.1 Å². The second-order valence-corrected chi connectivity index (χ2v) is 8.80. The molecular formula is C17H19NO3S2. The summed E-state index contributed by atoms with van der Waals surface area (Å²) in [5.74, 6) is -0.232. The molecule has 122 valence electrons. The van der Waals surface area contributed by atoms with Crippen LogP contribution >= 0.6 is 11.3 Å². The second kappa shape index (κ2) is 6.45. The highest BCUT2D eigenvalue weighted by molar-refractivity contribution is 7.91. The molecule has 1 amide bonds. The minimum absolute atomic E-state index is 0.0249. The number of carbonyl (C=O) groups excluding carboxylic acids is 1. The van der Waals surface area contributed by atoms with E-state index in [9.17, 15) is 13.2 Å². The molecule has 0 N–H and O–H groups in total. The van der Waals surface area contributed by atoms with E-state index >= 15 is 0 Å². The maximum absolute atomic E-state index is 12.5. The summed E-state index contributed by atoms with van der Waals surface area (Å²) in [6, 6.07) is 10.4.